The molecule has 92 valence electrons. The number of nitrogens with two attached hydrogens (primary N) is 1. The lowest BCUT2D eigenvalue weighted by molar-refractivity contribution is 0.0599. The van der Waals surface area contributed by atoms with Crippen LogP contribution in [0.3, 0.4) is 0 Å². The van der Waals surface area contributed by atoms with Crippen LogP contribution in [0.15, 0.2) is 10.5 Å². The topological polar surface area (TPSA) is 65.5 Å². The van der Waals surface area contributed by atoms with Gasteiger partial charge in [-0.1, -0.05) is 0 Å². The predicted molar refractivity (Wildman–Crippen MR) is 61.8 cm³/mol. The van der Waals surface area contributed by atoms with Gasteiger partial charge in [0.15, 0.2) is 0 Å². The molecular formula is C13H17NO3. The van der Waals surface area contributed by atoms with Crippen molar-refractivity contribution in [3.63, 3.8) is 0 Å². The summed E-state index contributed by atoms with van der Waals surface area (Å²) in [5.41, 5.74) is 6.73. The minimum absolute atomic E-state index is 0.00989. The molecule has 3 rings (SSSR count). The van der Waals surface area contributed by atoms with Gasteiger partial charge in [-0.25, -0.2) is 4.79 Å². The maximum Gasteiger partial charge on any atom is 0.341 e. The maximum absolute atomic E-state index is 11.5. The summed E-state index contributed by atoms with van der Waals surface area (Å²) in [5.74, 6) is 1.16. The first kappa shape index (κ1) is 10.8. The lowest BCUT2D eigenvalue weighted by atomic mass is 9.91. The highest BCUT2D eigenvalue weighted by Gasteiger charge is 2.66. The van der Waals surface area contributed by atoms with Crippen molar-refractivity contribution < 1.29 is 13.9 Å². The van der Waals surface area contributed by atoms with Crippen LogP contribution < -0.4 is 5.73 Å². The van der Waals surface area contributed by atoms with Gasteiger partial charge in [-0.3, -0.25) is 0 Å². The van der Waals surface area contributed by atoms with Crippen molar-refractivity contribution in [1.82, 2.24) is 0 Å². The lowest BCUT2D eigenvalue weighted by Gasteiger charge is -2.19. The zero-order chi connectivity index (χ0) is 12.3. The van der Waals surface area contributed by atoms with Gasteiger partial charge in [0.25, 0.3) is 0 Å². The fraction of sp³-hybridized carbons (Fsp3) is 0.615. The van der Waals surface area contributed by atoms with E-state index in [0.29, 0.717) is 11.3 Å². The number of rotatable bonds is 3. The highest BCUT2D eigenvalue weighted by atomic mass is 16.5. The summed E-state index contributed by atoms with van der Waals surface area (Å²) in [7, 11) is 1.38. The van der Waals surface area contributed by atoms with Crippen LogP contribution in [0.4, 0.5) is 0 Å². The molecule has 0 unspecified atom stereocenters. The first-order valence-electron chi connectivity index (χ1n) is 6.00. The first-order chi connectivity index (χ1) is 8.02. The Bertz CT molecular complexity index is 481. The molecule has 17 heavy (non-hydrogen) atoms. The molecule has 0 aliphatic heterocycles. The molecule has 4 heteroatoms. The highest BCUT2D eigenvalue weighted by molar-refractivity contribution is 5.90. The molecule has 0 spiro atoms. The molecule has 4 nitrogen and oxygen atoms in total. The molecule has 0 atom stereocenters. The molecule has 0 amide bonds. The highest BCUT2D eigenvalue weighted by Crippen LogP contribution is 2.63. The standard InChI is InChI=1S/C13H17NO3/c1-8-9(11(15)16-2)7-10(17-8)12(3-4-12)13(14)5-6-13/h7H,3-6,14H2,1-2H3. The molecule has 2 N–H and O–H groups in total. The second-order valence-corrected chi connectivity index (χ2v) is 5.31. The van der Waals surface area contributed by atoms with Crippen molar-refractivity contribution in [2.75, 3.05) is 7.11 Å². The van der Waals surface area contributed by atoms with E-state index in [2.05, 4.69) is 0 Å². The van der Waals surface area contributed by atoms with Crippen LogP contribution in [0, 0.1) is 6.92 Å². The summed E-state index contributed by atoms with van der Waals surface area (Å²) >= 11 is 0. The third-order valence-corrected chi connectivity index (χ3v) is 4.29. The molecule has 1 heterocycles. The Hall–Kier alpha value is -1.29. The molecule has 0 bridgehead atoms. The number of methoxy groups -OCH3 is 1. The van der Waals surface area contributed by atoms with E-state index >= 15 is 0 Å². The molecule has 2 saturated carbocycles. The van der Waals surface area contributed by atoms with E-state index in [0.717, 1.165) is 31.4 Å². The van der Waals surface area contributed by atoms with E-state index in [9.17, 15) is 4.79 Å². The van der Waals surface area contributed by atoms with Gasteiger partial charge in [0, 0.05) is 11.0 Å². The number of ether oxygens (including phenoxy) is 1. The zero-order valence-corrected chi connectivity index (χ0v) is 10.2. The van der Waals surface area contributed by atoms with E-state index in [1.807, 2.05) is 6.07 Å². The maximum atomic E-state index is 11.5. The van der Waals surface area contributed by atoms with Crippen LogP contribution in [0.2, 0.25) is 0 Å². The summed E-state index contributed by atoms with van der Waals surface area (Å²) in [6.07, 6.45) is 4.24. The molecule has 2 fully saturated rings. The third kappa shape index (κ3) is 1.37. The Balaban J connectivity index is 1.98. The molecule has 1 aromatic rings. The second kappa shape index (κ2) is 3.13. The van der Waals surface area contributed by atoms with Crippen LogP contribution >= 0.6 is 0 Å². The molecule has 0 saturated heterocycles. The quantitative estimate of drug-likeness (QED) is 0.812. The van der Waals surface area contributed by atoms with Gasteiger partial charge in [-0.15, -0.1) is 0 Å². The van der Waals surface area contributed by atoms with E-state index in [-0.39, 0.29) is 16.9 Å². The van der Waals surface area contributed by atoms with Crippen molar-refractivity contribution in [1.29, 1.82) is 0 Å². The van der Waals surface area contributed by atoms with Gasteiger partial charge in [-0.2, -0.15) is 0 Å². The van der Waals surface area contributed by atoms with Crippen LogP contribution in [-0.4, -0.2) is 18.6 Å². The monoisotopic (exact) mass is 235 g/mol. The largest absolute Gasteiger partial charge is 0.465 e. The fourth-order valence-electron chi connectivity index (χ4n) is 2.76. The van der Waals surface area contributed by atoms with Crippen molar-refractivity contribution in [2.24, 2.45) is 5.73 Å². The molecule has 1 aromatic heterocycles. The Morgan fingerprint density at radius 1 is 1.41 bits per heavy atom. The zero-order valence-electron chi connectivity index (χ0n) is 10.2. The molecule has 0 aromatic carbocycles. The van der Waals surface area contributed by atoms with Crippen LogP contribution in [-0.2, 0) is 10.2 Å². The Kier molecular flexibility index (Phi) is 2.00. The van der Waals surface area contributed by atoms with Gasteiger partial charge in [0.2, 0.25) is 0 Å². The SMILES string of the molecule is COC(=O)c1cc(C2(C3(N)CC3)CC2)oc1C. The van der Waals surface area contributed by atoms with Gasteiger partial charge >= 0.3 is 5.97 Å². The second-order valence-electron chi connectivity index (χ2n) is 5.31. The number of carbonyl (C=O) groups excluding carboxylic acids is 1. The normalized spacial score (nSPS) is 23.2. The number of furan rings is 1. The minimum atomic E-state index is -0.338. The van der Waals surface area contributed by atoms with Gasteiger partial charge in [0.1, 0.15) is 17.1 Å². The number of carbonyl (C=O) groups is 1. The van der Waals surface area contributed by atoms with E-state index in [1.165, 1.54) is 7.11 Å². The van der Waals surface area contributed by atoms with Crippen molar-refractivity contribution in [3.8, 4) is 0 Å². The summed E-state index contributed by atoms with van der Waals surface area (Å²) in [6.45, 7) is 1.79. The van der Waals surface area contributed by atoms with Crippen LogP contribution in [0.25, 0.3) is 0 Å². The van der Waals surface area contributed by atoms with Crippen molar-refractivity contribution in [3.05, 3.63) is 23.2 Å². The Morgan fingerprint density at radius 3 is 2.53 bits per heavy atom. The van der Waals surface area contributed by atoms with Crippen molar-refractivity contribution >= 4 is 5.97 Å². The van der Waals surface area contributed by atoms with Crippen molar-refractivity contribution in [2.45, 2.75) is 43.6 Å². The molecule has 0 radical (unpaired) electrons. The predicted octanol–water partition coefficient (Wildman–Crippen LogP) is 1.90. The van der Waals surface area contributed by atoms with Gasteiger partial charge in [0.05, 0.1) is 7.11 Å². The average molecular weight is 235 g/mol. The Labute approximate surface area is 100 Å². The first-order valence-corrected chi connectivity index (χ1v) is 6.00. The van der Waals surface area contributed by atoms with Crippen LogP contribution in [0.1, 0.15) is 47.6 Å². The van der Waals surface area contributed by atoms with Crippen LogP contribution in [0.5, 0.6) is 0 Å². The smallest absolute Gasteiger partial charge is 0.341 e. The fourth-order valence-corrected chi connectivity index (χ4v) is 2.76. The Morgan fingerprint density at radius 2 is 2.06 bits per heavy atom. The summed E-state index contributed by atoms with van der Waals surface area (Å²) < 4.78 is 10.5. The number of hydrogen-bond donors (Lipinski definition) is 1. The minimum Gasteiger partial charge on any atom is -0.465 e. The number of esters is 1. The molecule has 2 aliphatic carbocycles. The molecule has 2 aliphatic rings. The molecular weight excluding hydrogens is 218 g/mol. The van der Waals surface area contributed by atoms with E-state index in [4.69, 9.17) is 14.9 Å². The van der Waals surface area contributed by atoms with Gasteiger partial charge < -0.3 is 14.9 Å². The number of aryl methyl sites for hydroxylation is 1. The summed E-state index contributed by atoms with van der Waals surface area (Å²) in [6, 6.07) is 1.82. The van der Waals surface area contributed by atoms with E-state index < -0.39 is 0 Å². The summed E-state index contributed by atoms with van der Waals surface area (Å²) in [5, 5.41) is 0. The lowest BCUT2D eigenvalue weighted by Crippen LogP contribution is -2.36. The van der Waals surface area contributed by atoms with E-state index in [1.54, 1.807) is 6.92 Å². The summed E-state index contributed by atoms with van der Waals surface area (Å²) in [4.78, 5) is 11.5. The van der Waals surface area contributed by atoms with Gasteiger partial charge in [-0.05, 0) is 38.7 Å². The number of hydrogen-bond acceptors (Lipinski definition) is 4. The third-order valence-electron chi connectivity index (χ3n) is 4.29. The average Bonchev–Trinajstić information content (AvgIpc) is 3.20.